The van der Waals surface area contributed by atoms with Gasteiger partial charge in [-0.05, 0) is 63.1 Å². The fraction of sp³-hybridized carbons (Fsp3) is 0.320. The Balaban J connectivity index is 1.29. The van der Waals surface area contributed by atoms with Crippen LogP contribution in [0.5, 0.6) is 0 Å². The van der Waals surface area contributed by atoms with Crippen molar-refractivity contribution in [1.82, 2.24) is 25.8 Å². The van der Waals surface area contributed by atoms with Crippen molar-refractivity contribution < 1.29 is 14.0 Å². The molecule has 176 valence electrons. The maximum Gasteiger partial charge on any atom is 0.271 e. The molecule has 1 aromatic carbocycles. The SMILES string of the molecule is CC(C)NC(=O)c1ccc(N2CCC(NC(=O)c3ccc(-c4cccc(F)c4)nc3)CC2)nn1. The van der Waals surface area contributed by atoms with Gasteiger partial charge in [-0.3, -0.25) is 14.6 Å². The average Bonchev–Trinajstić information content (AvgIpc) is 2.84. The minimum Gasteiger partial charge on any atom is -0.355 e. The maximum absolute atomic E-state index is 13.4. The van der Waals surface area contributed by atoms with Gasteiger partial charge in [-0.2, -0.15) is 0 Å². The number of hydrogen-bond acceptors (Lipinski definition) is 6. The number of rotatable bonds is 6. The van der Waals surface area contributed by atoms with Crippen molar-refractivity contribution in [2.75, 3.05) is 18.0 Å². The lowest BCUT2D eigenvalue weighted by Gasteiger charge is -2.32. The number of carbonyl (C=O) groups is 2. The molecule has 2 aromatic heterocycles. The summed E-state index contributed by atoms with van der Waals surface area (Å²) in [5, 5.41) is 14.1. The molecule has 0 atom stereocenters. The van der Waals surface area contributed by atoms with E-state index in [1.807, 2.05) is 13.8 Å². The molecule has 3 aromatic rings. The predicted octanol–water partition coefficient (Wildman–Crippen LogP) is 3.21. The summed E-state index contributed by atoms with van der Waals surface area (Å²) in [6, 6.07) is 13.2. The van der Waals surface area contributed by atoms with E-state index >= 15 is 0 Å². The maximum atomic E-state index is 13.4. The summed E-state index contributed by atoms with van der Waals surface area (Å²) in [7, 11) is 0. The third kappa shape index (κ3) is 5.72. The Bertz CT molecular complexity index is 1140. The molecule has 1 saturated heterocycles. The minimum atomic E-state index is -0.328. The molecule has 1 aliphatic heterocycles. The Morgan fingerprint density at radius 2 is 1.82 bits per heavy atom. The quantitative estimate of drug-likeness (QED) is 0.584. The standard InChI is InChI=1S/C25H27FN6O2/c1-16(2)28-25(34)22-8-9-23(31-30-22)32-12-10-20(11-13-32)29-24(33)18-6-7-21(27-15-18)17-4-3-5-19(26)14-17/h3-9,14-16,20H,10-13H2,1-2H3,(H,28,34)(H,29,33). The van der Waals surface area contributed by atoms with Crippen LogP contribution < -0.4 is 15.5 Å². The summed E-state index contributed by atoms with van der Waals surface area (Å²) in [6.07, 6.45) is 3.03. The van der Waals surface area contributed by atoms with Gasteiger partial charge in [0.15, 0.2) is 11.5 Å². The van der Waals surface area contributed by atoms with Gasteiger partial charge in [0.1, 0.15) is 5.82 Å². The fourth-order valence-corrected chi connectivity index (χ4v) is 3.82. The molecule has 0 aliphatic carbocycles. The molecule has 0 saturated carbocycles. The third-order valence-corrected chi connectivity index (χ3v) is 5.60. The number of amides is 2. The number of aromatic nitrogens is 3. The predicted molar refractivity (Wildman–Crippen MR) is 127 cm³/mol. The Morgan fingerprint density at radius 3 is 2.44 bits per heavy atom. The Kier molecular flexibility index (Phi) is 7.10. The van der Waals surface area contributed by atoms with E-state index in [0.717, 1.165) is 12.8 Å². The van der Waals surface area contributed by atoms with Crippen LogP contribution in [0.4, 0.5) is 10.2 Å². The number of halogens is 1. The topological polar surface area (TPSA) is 100 Å². The highest BCUT2D eigenvalue weighted by Crippen LogP contribution is 2.20. The van der Waals surface area contributed by atoms with Crippen LogP contribution >= 0.6 is 0 Å². The molecule has 4 rings (SSSR count). The van der Waals surface area contributed by atoms with Gasteiger partial charge in [-0.25, -0.2) is 4.39 Å². The minimum absolute atomic E-state index is 0.0327. The van der Waals surface area contributed by atoms with Crippen molar-refractivity contribution in [3.05, 3.63) is 71.8 Å². The van der Waals surface area contributed by atoms with Gasteiger partial charge < -0.3 is 15.5 Å². The van der Waals surface area contributed by atoms with Crippen LogP contribution in [0, 0.1) is 5.82 Å². The number of benzene rings is 1. The first kappa shape index (κ1) is 23.3. The lowest BCUT2D eigenvalue weighted by atomic mass is 10.0. The number of pyridine rings is 1. The second-order valence-electron chi connectivity index (χ2n) is 8.58. The zero-order chi connectivity index (χ0) is 24.1. The van der Waals surface area contributed by atoms with Gasteiger partial charge in [-0.1, -0.05) is 12.1 Å². The number of carbonyl (C=O) groups excluding carboxylic acids is 2. The highest BCUT2D eigenvalue weighted by Gasteiger charge is 2.23. The van der Waals surface area contributed by atoms with Crippen molar-refractivity contribution in [3.63, 3.8) is 0 Å². The zero-order valence-corrected chi connectivity index (χ0v) is 19.2. The Labute approximate surface area is 197 Å². The van der Waals surface area contributed by atoms with Gasteiger partial charge in [0.25, 0.3) is 11.8 Å². The molecule has 2 N–H and O–H groups in total. The van der Waals surface area contributed by atoms with Gasteiger partial charge in [0.05, 0.1) is 11.3 Å². The van der Waals surface area contributed by atoms with Crippen LogP contribution in [0.1, 0.15) is 47.5 Å². The molecule has 0 spiro atoms. The molecule has 34 heavy (non-hydrogen) atoms. The molecule has 0 bridgehead atoms. The number of hydrogen-bond donors (Lipinski definition) is 2. The Hall–Kier alpha value is -3.88. The van der Waals surface area contributed by atoms with E-state index in [2.05, 4.69) is 30.7 Å². The van der Waals surface area contributed by atoms with Crippen LogP contribution in [0.3, 0.4) is 0 Å². The van der Waals surface area contributed by atoms with Crippen molar-refractivity contribution in [2.24, 2.45) is 0 Å². The second-order valence-corrected chi connectivity index (χ2v) is 8.58. The first-order valence-electron chi connectivity index (χ1n) is 11.3. The molecule has 0 radical (unpaired) electrons. The van der Waals surface area contributed by atoms with E-state index in [1.54, 1.807) is 36.4 Å². The molecule has 9 heteroatoms. The van der Waals surface area contributed by atoms with Crippen molar-refractivity contribution >= 4 is 17.6 Å². The van der Waals surface area contributed by atoms with Gasteiger partial charge in [-0.15, -0.1) is 10.2 Å². The molecule has 2 amide bonds. The van der Waals surface area contributed by atoms with Crippen LogP contribution in [0.15, 0.2) is 54.7 Å². The number of nitrogens with zero attached hydrogens (tertiary/aromatic N) is 4. The van der Waals surface area contributed by atoms with Crippen LogP contribution in [-0.2, 0) is 0 Å². The van der Waals surface area contributed by atoms with E-state index in [0.29, 0.717) is 35.7 Å². The van der Waals surface area contributed by atoms with Crippen LogP contribution in [0.2, 0.25) is 0 Å². The molecular formula is C25H27FN6O2. The average molecular weight is 463 g/mol. The van der Waals surface area contributed by atoms with Gasteiger partial charge in [0, 0.05) is 36.9 Å². The summed E-state index contributed by atoms with van der Waals surface area (Å²) in [6.45, 7) is 5.21. The van der Waals surface area contributed by atoms with E-state index < -0.39 is 0 Å². The lowest BCUT2D eigenvalue weighted by molar-refractivity contribution is 0.0925. The smallest absolute Gasteiger partial charge is 0.271 e. The molecule has 0 unspecified atom stereocenters. The Morgan fingerprint density at radius 1 is 1.03 bits per heavy atom. The number of anilines is 1. The lowest BCUT2D eigenvalue weighted by Crippen LogP contribution is -2.45. The highest BCUT2D eigenvalue weighted by molar-refractivity contribution is 5.94. The van der Waals surface area contributed by atoms with E-state index in [1.165, 1.54) is 18.3 Å². The molecule has 3 heterocycles. The normalized spacial score (nSPS) is 14.2. The first-order valence-corrected chi connectivity index (χ1v) is 11.3. The zero-order valence-electron chi connectivity index (χ0n) is 19.2. The molecule has 1 aliphatic rings. The van der Waals surface area contributed by atoms with Crippen molar-refractivity contribution in [1.29, 1.82) is 0 Å². The van der Waals surface area contributed by atoms with Crippen molar-refractivity contribution in [2.45, 2.75) is 38.8 Å². The number of nitrogens with one attached hydrogen (secondary N) is 2. The van der Waals surface area contributed by atoms with Gasteiger partial charge in [0.2, 0.25) is 0 Å². The fourth-order valence-electron chi connectivity index (χ4n) is 3.82. The molecule has 8 nitrogen and oxygen atoms in total. The summed E-state index contributed by atoms with van der Waals surface area (Å²) < 4.78 is 13.4. The van der Waals surface area contributed by atoms with Crippen LogP contribution in [-0.4, -0.2) is 52.2 Å². The van der Waals surface area contributed by atoms with E-state index in [-0.39, 0.29) is 35.4 Å². The third-order valence-electron chi connectivity index (χ3n) is 5.60. The summed E-state index contributed by atoms with van der Waals surface area (Å²) >= 11 is 0. The monoisotopic (exact) mass is 462 g/mol. The number of piperidine rings is 1. The summed E-state index contributed by atoms with van der Waals surface area (Å²) in [4.78, 5) is 31.1. The van der Waals surface area contributed by atoms with Crippen molar-refractivity contribution in [3.8, 4) is 11.3 Å². The first-order chi connectivity index (χ1) is 16.4. The molecule has 1 fully saturated rings. The van der Waals surface area contributed by atoms with E-state index in [9.17, 15) is 14.0 Å². The van der Waals surface area contributed by atoms with Crippen LogP contribution in [0.25, 0.3) is 11.3 Å². The van der Waals surface area contributed by atoms with E-state index in [4.69, 9.17) is 0 Å². The second kappa shape index (κ2) is 10.4. The molecular weight excluding hydrogens is 435 g/mol. The summed E-state index contributed by atoms with van der Waals surface area (Å²) in [5.74, 6) is -0.0417. The largest absolute Gasteiger partial charge is 0.355 e. The summed E-state index contributed by atoms with van der Waals surface area (Å²) in [5.41, 5.74) is 2.02. The highest BCUT2D eigenvalue weighted by atomic mass is 19.1. The van der Waals surface area contributed by atoms with Gasteiger partial charge >= 0.3 is 0 Å².